The topological polar surface area (TPSA) is 81.4 Å². The fraction of sp³-hybridized carbons (Fsp3) is 0.500. The molecule has 2 atom stereocenters. The van der Waals surface area contributed by atoms with E-state index in [9.17, 15) is 9.59 Å². The first-order chi connectivity index (χ1) is 9.81. The Balaban J connectivity index is 2.57. The van der Waals surface area contributed by atoms with E-state index < -0.39 is 18.0 Å². The molecule has 1 rings (SSSR count). The van der Waals surface area contributed by atoms with E-state index in [0.29, 0.717) is 18.2 Å². The number of esters is 1. The molecule has 1 aromatic rings. The van der Waals surface area contributed by atoms with Crippen molar-refractivity contribution in [2.45, 2.75) is 39.7 Å². The lowest BCUT2D eigenvalue weighted by atomic mass is 10.0. The summed E-state index contributed by atoms with van der Waals surface area (Å²) in [4.78, 5) is 23.9. The molecule has 0 radical (unpaired) electrons. The summed E-state index contributed by atoms with van der Waals surface area (Å²) in [5.74, 6) is -0.832. The molecule has 0 fully saturated rings. The molecule has 116 valence electrons. The van der Waals surface area contributed by atoms with Crippen molar-refractivity contribution in [1.29, 1.82) is 0 Å². The highest BCUT2D eigenvalue weighted by Gasteiger charge is 2.23. The number of ether oxygens (including phenoxy) is 1. The van der Waals surface area contributed by atoms with Crippen LogP contribution >= 0.6 is 0 Å². The quantitative estimate of drug-likeness (QED) is 0.621. The fourth-order valence-corrected chi connectivity index (χ4v) is 1.74. The van der Waals surface area contributed by atoms with Crippen LogP contribution in [-0.4, -0.2) is 24.5 Å². The van der Waals surface area contributed by atoms with Gasteiger partial charge >= 0.3 is 5.97 Å². The van der Waals surface area contributed by atoms with Crippen LogP contribution in [0.15, 0.2) is 24.3 Å². The molecule has 0 saturated heterocycles. The first kappa shape index (κ1) is 17.0. The second kappa shape index (κ2) is 7.67. The number of nitrogens with two attached hydrogens (primary N) is 1. The number of nitrogens with one attached hydrogen (secondary N) is 1. The Labute approximate surface area is 125 Å². The Morgan fingerprint density at radius 1 is 1.24 bits per heavy atom. The lowest BCUT2D eigenvalue weighted by molar-refractivity contribution is -0.156. The van der Waals surface area contributed by atoms with E-state index in [1.807, 2.05) is 19.9 Å². The summed E-state index contributed by atoms with van der Waals surface area (Å²) < 4.78 is 5.21. The average Bonchev–Trinajstić information content (AvgIpc) is 2.43. The van der Waals surface area contributed by atoms with E-state index >= 15 is 0 Å². The maximum atomic E-state index is 12.1. The van der Waals surface area contributed by atoms with E-state index in [4.69, 9.17) is 10.5 Å². The van der Waals surface area contributed by atoms with Crippen LogP contribution in [0, 0.1) is 5.92 Å². The normalized spacial score (nSPS) is 13.6. The molecule has 0 aliphatic heterocycles. The van der Waals surface area contributed by atoms with Gasteiger partial charge in [0.05, 0.1) is 5.92 Å². The Morgan fingerprint density at radius 2 is 1.90 bits per heavy atom. The van der Waals surface area contributed by atoms with Crippen LogP contribution in [0.3, 0.4) is 0 Å². The zero-order chi connectivity index (χ0) is 16.0. The number of hydrogen-bond acceptors (Lipinski definition) is 4. The molecule has 0 heterocycles. The number of carbonyl (C=O) groups is 2. The van der Waals surface area contributed by atoms with Gasteiger partial charge in [0.15, 0.2) is 6.10 Å². The summed E-state index contributed by atoms with van der Waals surface area (Å²) >= 11 is 0. The molecule has 5 nitrogen and oxygen atoms in total. The van der Waals surface area contributed by atoms with Crippen LogP contribution in [0.5, 0.6) is 0 Å². The molecule has 0 aliphatic carbocycles. The number of hydrogen-bond donors (Lipinski definition) is 2. The minimum Gasteiger partial charge on any atom is -0.452 e. The van der Waals surface area contributed by atoms with Gasteiger partial charge in [-0.2, -0.15) is 0 Å². The van der Waals surface area contributed by atoms with Crippen LogP contribution < -0.4 is 11.1 Å². The maximum absolute atomic E-state index is 12.1. The van der Waals surface area contributed by atoms with Crippen molar-refractivity contribution in [3.05, 3.63) is 29.8 Å². The number of benzene rings is 1. The van der Waals surface area contributed by atoms with Gasteiger partial charge < -0.3 is 15.8 Å². The Hall–Kier alpha value is -2.04. The van der Waals surface area contributed by atoms with Gasteiger partial charge in [0.2, 0.25) is 0 Å². The summed E-state index contributed by atoms with van der Waals surface area (Å²) in [6.45, 7) is 7.86. The highest BCUT2D eigenvalue weighted by Crippen LogP contribution is 2.19. The summed E-state index contributed by atoms with van der Waals surface area (Å²) in [7, 11) is 0. The van der Waals surface area contributed by atoms with Crippen molar-refractivity contribution < 1.29 is 14.3 Å². The lowest BCUT2D eigenvalue weighted by Crippen LogP contribution is -2.38. The number of nitrogen functional groups attached to an aromatic ring is 1. The molecule has 0 aromatic heterocycles. The highest BCUT2D eigenvalue weighted by molar-refractivity contribution is 5.85. The largest absolute Gasteiger partial charge is 0.452 e. The Kier molecular flexibility index (Phi) is 6.21. The molecule has 1 aromatic carbocycles. The van der Waals surface area contributed by atoms with Crippen LogP contribution in [-0.2, 0) is 14.3 Å². The van der Waals surface area contributed by atoms with Crippen LogP contribution in [0.1, 0.15) is 39.2 Å². The van der Waals surface area contributed by atoms with E-state index in [-0.39, 0.29) is 5.91 Å². The number of amides is 1. The van der Waals surface area contributed by atoms with Crippen LogP contribution in [0.4, 0.5) is 5.69 Å². The van der Waals surface area contributed by atoms with Crippen LogP contribution in [0.25, 0.3) is 0 Å². The highest BCUT2D eigenvalue weighted by atomic mass is 16.5. The molecule has 3 N–H and O–H groups in total. The van der Waals surface area contributed by atoms with Gasteiger partial charge in [-0.15, -0.1) is 0 Å². The van der Waals surface area contributed by atoms with E-state index in [1.54, 1.807) is 32.0 Å². The van der Waals surface area contributed by atoms with Crippen LogP contribution in [0.2, 0.25) is 0 Å². The van der Waals surface area contributed by atoms with Crippen molar-refractivity contribution >= 4 is 17.6 Å². The predicted molar refractivity (Wildman–Crippen MR) is 82.7 cm³/mol. The van der Waals surface area contributed by atoms with Gasteiger partial charge in [-0.05, 0) is 37.5 Å². The second-order valence-electron chi connectivity index (χ2n) is 5.61. The SMILES string of the molecule is CC(C)CNC(=O)C(C)OC(=O)C(C)c1cccc(N)c1. The first-order valence-corrected chi connectivity index (χ1v) is 7.15. The zero-order valence-corrected chi connectivity index (χ0v) is 13.1. The number of anilines is 1. The van der Waals surface area contributed by atoms with Crippen molar-refractivity contribution in [2.75, 3.05) is 12.3 Å². The molecule has 0 spiro atoms. The van der Waals surface area contributed by atoms with E-state index in [0.717, 1.165) is 5.56 Å². The van der Waals surface area contributed by atoms with E-state index in [2.05, 4.69) is 5.32 Å². The number of carbonyl (C=O) groups excluding carboxylic acids is 2. The Morgan fingerprint density at radius 3 is 2.48 bits per heavy atom. The van der Waals surface area contributed by atoms with Crippen molar-refractivity contribution in [2.24, 2.45) is 5.92 Å². The molecule has 21 heavy (non-hydrogen) atoms. The van der Waals surface area contributed by atoms with E-state index in [1.165, 1.54) is 0 Å². The standard InChI is InChI=1S/C16H24N2O3/c1-10(2)9-18-15(19)12(4)21-16(20)11(3)13-6-5-7-14(17)8-13/h5-8,10-12H,9,17H2,1-4H3,(H,18,19). The van der Waals surface area contributed by atoms with Crippen molar-refractivity contribution in [1.82, 2.24) is 5.32 Å². The minimum absolute atomic E-state index is 0.281. The molecule has 0 bridgehead atoms. The van der Waals surface area contributed by atoms with Crippen molar-refractivity contribution in [3.8, 4) is 0 Å². The van der Waals surface area contributed by atoms with Gasteiger partial charge in [0, 0.05) is 12.2 Å². The monoisotopic (exact) mass is 292 g/mol. The average molecular weight is 292 g/mol. The summed E-state index contributed by atoms with van der Waals surface area (Å²) in [5.41, 5.74) is 7.06. The Bertz CT molecular complexity index is 500. The van der Waals surface area contributed by atoms with Gasteiger partial charge in [-0.3, -0.25) is 9.59 Å². The fourth-order valence-electron chi connectivity index (χ4n) is 1.74. The molecule has 1 amide bonds. The summed E-state index contributed by atoms with van der Waals surface area (Å²) in [6.07, 6.45) is -0.806. The molecule has 5 heteroatoms. The third-order valence-corrected chi connectivity index (χ3v) is 3.11. The minimum atomic E-state index is -0.806. The summed E-state index contributed by atoms with van der Waals surface area (Å²) in [6, 6.07) is 7.08. The van der Waals surface area contributed by atoms with Gasteiger partial charge in [0.25, 0.3) is 5.91 Å². The molecular weight excluding hydrogens is 268 g/mol. The van der Waals surface area contributed by atoms with Gasteiger partial charge in [-0.25, -0.2) is 0 Å². The molecule has 0 saturated carbocycles. The lowest BCUT2D eigenvalue weighted by Gasteiger charge is -2.17. The smallest absolute Gasteiger partial charge is 0.313 e. The third-order valence-electron chi connectivity index (χ3n) is 3.11. The third kappa shape index (κ3) is 5.45. The molecule has 0 aliphatic rings. The maximum Gasteiger partial charge on any atom is 0.313 e. The number of rotatable bonds is 6. The first-order valence-electron chi connectivity index (χ1n) is 7.15. The summed E-state index contributed by atoms with van der Waals surface area (Å²) in [5, 5.41) is 2.74. The zero-order valence-electron chi connectivity index (χ0n) is 13.1. The molecular formula is C16H24N2O3. The van der Waals surface area contributed by atoms with Gasteiger partial charge in [0.1, 0.15) is 0 Å². The predicted octanol–water partition coefficient (Wildman–Crippen LogP) is 2.08. The molecule has 2 unspecified atom stereocenters. The van der Waals surface area contributed by atoms with Gasteiger partial charge in [-0.1, -0.05) is 26.0 Å². The second-order valence-corrected chi connectivity index (χ2v) is 5.61. The van der Waals surface area contributed by atoms with Crippen molar-refractivity contribution in [3.63, 3.8) is 0 Å².